The molecule has 1 aromatic rings. The highest BCUT2D eigenvalue weighted by molar-refractivity contribution is 5.76. The average molecular weight is 237 g/mol. The zero-order valence-electron chi connectivity index (χ0n) is 10.1. The second kappa shape index (κ2) is 6.91. The van der Waals surface area contributed by atoms with E-state index >= 15 is 0 Å². The molecule has 0 saturated carbocycles. The van der Waals surface area contributed by atoms with Crippen molar-refractivity contribution in [2.24, 2.45) is 5.73 Å². The fourth-order valence-electron chi connectivity index (χ4n) is 1.51. The van der Waals surface area contributed by atoms with Crippen molar-refractivity contribution in [3.63, 3.8) is 0 Å². The van der Waals surface area contributed by atoms with Gasteiger partial charge in [-0.3, -0.25) is 4.79 Å². The largest absolute Gasteiger partial charge is 0.494 e. The number of carbonyl (C=O) groups is 1. The Hall–Kier alpha value is -1.55. The van der Waals surface area contributed by atoms with Crippen molar-refractivity contribution in [1.82, 2.24) is 0 Å². The molecule has 0 radical (unpaired) electrons. The number of hydrogen-bond donors (Lipinski definition) is 2. The van der Waals surface area contributed by atoms with Crippen LogP contribution >= 0.6 is 0 Å². The first kappa shape index (κ1) is 13.5. The Labute approximate surface area is 101 Å². The van der Waals surface area contributed by atoms with Crippen LogP contribution in [0.3, 0.4) is 0 Å². The van der Waals surface area contributed by atoms with Gasteiger partial charge < -0.3 is 15.6 Å². The fourth-order valence-corrected chi connectivity index (χ4v) is 1.51. The molecule has 0 aliphatic carbocycles. The normalized spacial score (nSPS) is 12.1. The van der Waals surface area contributed by atoms with Crippen molar-refractivity contribution in [3.05, 3.63) is 29.8 Å². The molecule has 0 aliphatic rings. The first-order chi connectivity index (χ1) is 8.19. The van der Waals surface area contributed by atoms with Gasteiger partial charge in [-0.2, -0.15) is 0 Å². The zero-order chi connectivity index (χ0) is 12.7. The summed E-state index contributed by atoms with van der Waals surface area (Å²) in [7, 11) is 0. The Morgan fingerprint density at radius 1 is 1.41 bits per heavy atom. The minimum absolute atomic E-state index is 0.103. The minimum atomic E-state index is -0.896. The Kier molecular flexibility index (Phi) is 5.49. The van der Waals surface area contributed by atoms with Gasteiger partial charge in [0, 0.05) is 6.54 Å². The Morgan fingerprint density at radius 3 is 2.53 bits per heavy atom. The van der Waals surface area contributed by atoms with E-state index in [1.165, 1.54) is 0 Å². The highest BCUT2D eigenvalue weighted by atomic mass is 16.5. The third-order valence-electron chi connectivity index (χ3n) is 2.58. The van der Waals surface area contributed by atoms with Crippen LogP contribution in [0.2, 0.25) is 0 Å². The lowest BCUT2D eigenvalue weighted by Crippen LogP contribution is -2.20. The smallest absolute Gasteiger partial charge is 0.312 e. The summed E-state index contributed by atoms with van der Waals surface area (Å²) in [5.41, 5.74) is 6.14. The molecule has 4 nitrogen and oxygen atoms in total. The molecule has 0 aliphatic heterocycles. The Bertz CT molecular complexity index is 348. The molecule has 1 aromatic carbocycles. The van der Waals surface area contributed by atoms with Gasteiger partial charge in [0.15, 0.2) is 0 Å². The molecule has 4 heteroatoms. The van der Waals surface area contributed by atoms with Crippen molar-refractivity contribution in [1.29, 1.82) is 0 Å². The van der Waals surface area contributed by atoms with Crippen molar-refractivity contribution in [2.75, 3.05) is 13.2 Å². The van der Waals surface area contributed by atoms with Crippen LogP contribution in [0.15, 0.2) is 24.3 Å². The maximum atomic E-state index is 10.9. The first-order valence-electron chi connectivity index (χ1n) is 5.84. The predicted molar refractivity (Wildman–Crippen MR) is 66.3 cm³/mol. The number of hydrogen-bond acceptors (Lipinski definition) is 3. The average Bonchev–Trinajstić information content (AvgIpc) is 2.32. The highest BCUT2D eigenvalue weighted by Crippen LogP contribution is 2.19. The van der Waals surface area contributed by atoms with E-state index in [1.807, 2.05) is 0 Å². The van der Waals surface area contributed by atoms with Crippen LogP contribution in [0, 0.1) is 0 Å². The number of carboxylic acid groups (broad SMARTS) is 1. The predicted octanol–water partition coefficient (Wildman–Crippen LogP) is 1.99. The van der Waals surface area contributed by atoms with Gasteiger partial charge in [0.25, 0.3) is 0 Å². The summed E-state index contributed by atoms with van der Waals surface area (Å²) < 4.78 is 5.50. The second-order valence-electron chi connectivity index (χ2n) is 3.90. The summed E-state index contributed by atoms with van der Waals surface area (Å²) in [6, 6.07) is 7.09. The van der Waals surface area contributed by atoms with Gasteiger partial charge in [0.2, 0.25) is 0 Å². The van der Waals surface area contributed by atoms with Crippen molar-refractivity contribution in [2.45, 2.75) is 25.7 Å². The molecule has 0 unspecified atom stereocenters. The molecular weight excluding hydrogens is 218 g/mol. The maximum Gasteiger partial charge on any atom is 0.312 e. The van der Waals surface area contributed by atoms with E-state index in [0.29, 0.717) is 12.2 Å². The van der Waals surface area contributed by atoms with Crippen LogP contribution in [-0.2, 0) is 4.79 Å². The number of carboxylic acids is 1. The van der Waals surface area contributed by atoms with Crippen LogP contribution in [-0.4, -0.2) is 24.2 Å². The van der Waals surface area contributed by atoms with E-state index in [2.05, 4.69) is 6.92 Å². The lowest BCUT2D eigenvalue weighted by Gasteiger charge is -2.11. The molecular formula is C13H19NO3. The molecule has 0 bridgehead atoms. The van der Waals surface area contributed by atoms with Crippen molar-refractivity contribution in [3.8, 4) is 5.75 Å². The molecule has 0 aromatic heterocycles. The molecule has 0 heterocycles. The van der Waals surface area contributed by atoms with Crippen molar-refractivity contribution >= 4 is 5.97 Å². The Morgan fingerprint density at radius 2 is 2.06 bits per heavy atom. The lowest BCUT2D eigenvalue weighted by atomic mass is 9.99. The van der Waals surface area contributed by atoms with E-state index < -0.39 is 11.9 Å². The van der Waals surface area contributed by atoms with Gasteiger partial charge in [0.1, 0.15) is 5.75 Å². The first-order valence-corrected chi connectivity index (χ1v) is 5.84. The second-order valence-corrected chi connectivity index (χ2v) is 3.90. The highest BCUT2D eigenvalue weighted by Gasteiger charge is 2.17. The van der Waals surface area contributed by atoms with Crippen molar-refractivity contribution < 1.29 is 14.6 Å². The third kappa shape index (κ3) is 4.07. The van der Waals surface area contributed by atoms with E-state index in [-0.39, 0.29) is 6.54 Å². The monoisotopic (exact) mass is 237 g/mol. The number of aliphatic carboxylic acids is 1. The zero-order valence-corrected chi connectivity index (χ0v) is 10.1. The molecule has 1 atom stereocenters. The number of rotatable bonds is 7. The molecule has 94 valence electrons. The third-order valence-corrected chi connectivity index (χ3v) is 2.58. The molecule has 3 N–H and O–H groups in total. The minimum Gasteiger partial charge on any atom is -0.494 e. The van der Waals surface area contributed by atoms with Gasteiger partial charge >= 0.3 is 5.97 Å². The summed E-state index contributed by atoms with van der Waals surface area (Å²) in [4.78, 5) is 10.9. The molecule has 1 rings (SSSR count). The van der Waals surface area contributed by atoms with Crippen LogP contribution in [0.1, 0.15) is 31.2 Å². The van der Waals surface area contributed by atoms with E-state index in [9.17, 15) is 4.79 Å². The summed E-state index contributed by atoms with van der Waals surface area (Å²) in [6.45, 7) is 2.89. The maximum absolute atomic E-state index is 10.9. The number of unbranched alkanes of at least 4 members (excludes halogenated alkanes) is 1. The van der Waals surface area contributed by atoms with Gasteiger partial charge in [0.05, 0.1) is 12.5 Å². The Balaban J connectivity index is 2.63. The summed E-state index contributed by atoms with van der Waals surface area (Å²) >= 11 is 0. The van der Waals surface area contributed by atoms with Crippen LogP contribution < -0.4 is 10.5 Å². The molecule has 0 amide bonds. The van der Waals surface area contributed by atoms with E-state index in [1.54, 1.807) is 24.3 Å². The lowest BCUT2D eigenvalue weighted by molar-refractivity contribution is -0.138. The number of benzene rings is 1. The van der Waals surface area contributed by atoms with E-state index in [0.717, 1.165) is 18.6 Å². The van der Waals surface area contributed by atoms with Crippen LogP contribution in [0.5, 0.6) is 5.75 Å². The van der Waals surface area contributed by atoms with E-state index in [4.69, 9.17) is 15.6 Å². The standard InChI is InChI=1S/C13H19NO3/c1-2-3-8-17-11-6-4-10(5-7-11)12(9-14)13(15)16/h4-7,12H,2-3,8-9,14H2,1H3,(H,15,16)/t12-/m0/s1. The fraction of sp³-hybridized carbons (Fsp3) is 0.462. The SMILES string of the molecule is CCCCOc1ccc([C@H](CN)C(=O)O)cc1. The van der Waals surface area contributed by atoms with Gasteiger partial charge in [-0.25, -0.2) is 0 Å². The molecule has 0 spiro atoms. The summed E-state index contributed by atoms with van der Waals surface area (Å²) in [5.74, 6) is -0.768. The van der Waals surface area contributed by atoms with Crippen LogP contribution in [0.4, 0.5) is 0 Å². The topological polar surface area (TPSA) is 72.5 Å². The van der Waals surface area contributed by atoms with Gasteiger partial charge in [-0.05, 0) is 24.1 Å². The molecule has 17 heavy (non-hydrogen) atoms. The number of nitrogens with two attached hydrogens (primary N) is 1. The molecule has 0 fully saturated rings. The van der Waals surface area contributed by atoms with Gasteiger partial charge in [-0.15, -0.1) is 0 Å². The van der Waals surface area contributed by atoms with Gasteiger partial charge in [-0.1, -0.05) is 25.5 Å². The number of ether oxygens (including phenoxy) is 1. The van der Waals surface area contributed by atoms with Crippen LogP contribution in [0.25, 0.3) is 0 Å². The molecule has 0 saturated heterocycles. The summed E-state index contributed by atoms with van der Waals surface area (Å²) in [6.07, 6.45) is 2.11. The summed E-state index contributed by atoms with van der Waals surface area (Å²) in [5, 5.41) is 8.96. The quantitative estimate of drug-likeness (QED) is 0.711.